The predicted molar refractivity (Wildman–Crippen MR) is 166 cm³/mol. The number of rotatable bonds is 12. The second-order valence-electron chi connectivity index (χ2n) is 9.84. The Morgan fingerprint density at radius 1 is 0.897 bits per heavy atom. The van der Waals surface area contributed by atoms with E-state index in [9.17, 15) is 4.79 Å². The summed E-state index contributed by atoms with van der Waals surface area (Å²) in [5, 5.41) is 3.11. The van der Waals surface area contributed by atoms with Crippen LogP contribution in [0.5, 0.6) is 0 Å². The van der Waals surface area contributed by atoms with Gasteiger partial charge in [-0.05, 0) is 105 Å². The summed E-state index contributed by atoms with van der Waals surface area (Å²) in [5.41, 5.74) is 6.14. The van der Waals surface area contributed by atoms with Crippen molar-refractivity contribution in [2.24, 2.45) is 0 Å². The first kappa shape index (κ1) is 27.5. The van der Waals surface area contributed by atoms with Gasteiger partial charge in [-0.2, -0.15) is 0 Å². The minimum Gasteiger partial charge on any atom is -0.380 e. The summed E-state index contributed by atoms with van der Waals surface area (Å²) < 4.78 is 8.02. The van der Waals surface area contributed by atoms with Crippen LogP contribution in [0.3, 0.4) is 0 Å². The van der Waals surface area contributed by atoms with E-state index in [1.165, 1.54) is 21.4 Å². The summed E-state index contributed by atoms with van der Waals surface area (Å²) in [6.07, 6.45) is 3.31. The van der Waals surface area contributed by atoms with E-state index in [-0.39, 0.29) is 5.78 Å². The van der Waals surface area contributed by atoms with E-state index in [4.69, 9.17) is 16.3 Å². The Labute approximate surface area is 240 Å². The molecule has 200 valence electrons. The summed E-state index contributed by atoms with van der Waals surface area (Å²) in [5.74, 6) is 1.16. The van der Waals surface area contributed by atoms with Gasteiger partial charge >= 0.3 is 0 Å². The van der Waals surface area contributed by atoms with Crippen LogP contribution in [0.15, 0.2) is 89.8 Å². The lowest BCUT2D eigenvalue weighted by atomic mass is 9.97. The summed E-state index contributed by atoms with van der Waals surface area (Å²) in [7, 11) is 0. The van der Waals surface area contributed by atoms with Crippen LogP contribution in [0.4, 0.5) is 0 Å². The summed E-state index contributed by atoms with van der Waals surface area (Å²) in [6.45, 7) is 6.15. The van der Waals surface area contributed by atoms with E-state index in [2.05, 4.69) is 47.0 Å². The fraction of sp³-hybridized carbons (Fsp3) is 0.265. The average Bonchev–Trinajstić information content (AvgIpc) is 3.26. The molecule has 0 spiro atoms. The molecule has 5 heteroatoms. The Kier molecular flexibility index (Phi) is 9.08. The smallest absolute Gasteiger partial charge is 0.193 e. The summed E-state index contributed by atoms with van der Waals surface area (Å²) in [4.78, 5) is 14.7. The van der Waals surface area contributed by atoms with Gasteiger partial charge in [0.1, 0.15) is 0 Å². The third kappa shape index (κ3) is 6.41. The van der Waals surface area contributed by atoms with Crippen molar-refractivity contribution < 1.29 is 9.53 Å². The van der Waals surface area contributed by atoms with Crippen molar-refractivity contribution in [1.29, 1.82) is 0 Å². The van der Waals surface area contributed by atoms with Crippen molar-refractivity contribution in [1.82, 2.24) is 4.57 Å². The van der Waals surface area contributed by atoms with Gasteiger partial charge in [0.15, 0.2) is 5.78 Å². The van der Waals surface area contributed by atoms with Crippen LogP contribution in [0, 0.1) is 6.92 Å². The second-order valence-corrected chi connectivity index (χ2v) is 11.4. The fourth-order valence-electron chi connectivity index (χ4n) is 5.12. The molecule has 0 radical (unpaired) electrons. The number of ketones is 1. The number of carbonyl (C=O) groups is 1. The molecule has 39 heavy (non-hydrogen) atoms. The van der Waals surface area contributed by atoms with E-state index in [1.54, 1.807) is 0 Å². The van der Waals surface area contributed by atoms with E-state index in [0.717, 1.165) is 64.2 Å². The van der Waals surface area contributed by atoms with Crippen LogP contribution in [-0.4, -0.2) is 29.3 Å². The van der Waals surface area contributed by atoms with Gasteiger partial charge in [-0.25, -0.2) is 0 Å². The third-order valence-corrected chi connectivity index (χ3v) is 8.54. The molecular weight excluding hydrogens is 522 g/mol. The summed E-state index contributed by atoms with van der Waals surface area (Å²) >= 11 is 7.88. The van der Waals surface area contributed by atoms with Gasteiger partial charge in [0.2, 0.25) is 0 Å². The van der Waals surface area contributed by atoms with Crippen LogP contribution in [0.1, 0.15) is 46.8 Å². The number of benzene rings is 4. The molecule has 4 aromatic carbocycles. The number of aryl methyl sites for hydroxylation is 2. The molecular formula is C34H34ClNO2S. The standard InChI is InChI=1S/C34H34ClNO2S/c1-3-38-20-19-36-32-17-11-25(9-6-7-21-39-28-15-13-27(35)14-16-28)22-30(32)31-23-26(12-18-33(31)36)34(37)29-10-5-4-8-24(29)2/h4-5,8,10-18,22-23H,3,6-7,9,19-21H2,1-2H3. The maximum Gasteiger partial charge on any atom is 0.193 e. The SMILES string of the molecule is CCOCCn1c2ccc(CCCCSc3ccc(Cl)cc3)cc2c2cc(C(=O)c3ccccc3C)ccc21. The number of fused-ring (bicyclic) bond motifs is 3. The van der Waals surface area contributed by atoms with E-state index >= 15 is 0 Å². The Balaban J connectivity index is 1.39. The number of ether oxygens (including phenoxy) is 1. The fourth-order valence-corrected chi connectivity index (χ4v) is 6.16. The largest absolute Gasteiger partial charge is 0.380 e. The number of carbonyl (C=O) groups excluding carboxylic acids is 1. The van der Waals surface area contributed by atoms with Crippen LogP contribution in [0.2, 0.25) is 5.02 Å². The number of unbranched alkanes of at least 4 members (excludes halogenated alkanes) is 1. The highest BCUT2D eigenvalue weighted by molar-refractivity contribution is 7.99. The minimum absolute atomic E-state index is 0.0690. The Morgan fingerprint density at radius 3 is 2.41 bits per heavy atom. The quantitative estimate of drug-likeness (QED) is 0.0873. The minimum atomic E-state index is 0.0690. The molecule has 0 unspecified atom stereocenters. The van der Waals surface area contributed by atoms with Gasteiger partial charge in [-0.3, -0.25) is 4.79 Å². The first-order chi connectivity index (χ1) is 19.0. The first-order valence-corrected chi connectivity index (χ1v) is 15.0. The topological polar surface area (TPSA) is 31.2 Å². The molecule has 0 bridgehead atoms. The highest BCUT2D eigenvalue weighted by atomic mass is 35.5. The van der Waals surface area contributed by atoms with Gasteiger partial charge < -0.3 is 9.30 Å². The van der Waals surface area contributed by atoms with Crippen LogP contribution in [0.25, 0.3) is 21.8 Å². The van der Waals surface area contributed by atoms with Crippen molar-refractivity contribution in [3.05, 3.63) is 112 Å². The van der Waals surface area contributed by atoms with Crippen molar-refractivity contribution in [2.75, 3.05) is 19.0 Å². The maximum absolute atomic E-state index is 13.4. The predicted octanol–water partition coefficient (Wildman–Crippen LogP) is 9.14. The van der Waals surface area contributed by atoms with Crippen LogP contribution in [-0.2, 0) is 17.7 Å². The highest BCUT2D eigenvalue weighted by Crippen LogP contribution is 2.32. The average molecular weight is 556 g/mol. The third-order valence-electron chi connectivity index (χ3n) is 7.19. The Bertz CT molecular complexity index is 1590. The molecule has 3 nitrogen and oxygen atoms in total. The molecule has 0 saturated carbocycles. The normalized spacial score (nSPS) is 11.5. The van der Waals surface area contributed by atoms with Crippen molar-refractivity contribution >= 4 is 51.0 Å². The molecule has 0 saturated heterocycles. The molecule has 1 aromatic heterocycles. The van der Waals surface area contributed by atoms with Crippen molar-refractivity contribution in [3.63, 3.8) is 0 Å². The van der Waals surface area contributed by atoms with Gasteiger partial charge in [0.05, 0.1) is 6.61 Å². The molecule has 5 rings (SSSR count). The van der Waals surface area contributed by atoms with Gasteiger partial charge in [0.25, 0.3) is 0 Å². The molecule has 1 heterocycles. The van der Waals surface area contributed by atoms with E-state index < -0.39 is 0 Å². The Morgan fingerprint density at radius 2 is 1.64 bits per heavy atom. The maximum atomic E-state index is 13.4. The lowest BCUT2D eigenvalue weighted by molar-refractivity contribution is 0.103. The van der Waals surface area contributed by atoms with Crippen molar-refractivity contribution in [3.8, 4) is 0 Å². The number of aromatic nitrogens is 1. The zero-order valence-corrected chi connectivity index (χ0v) is 24.2. The van der Waals surface area contributed by atoms with Gasteiger partial charge in [0, 0.05) is 56.0 Å². The zero-order valence-electron chi connectivity index (χ0n) is 22.6. The first-order valence-electron chi connectivity index (χ1n) is 13.7. The molecule has 0 aliphatic carbocycles. The van der Waals surface area contributed by atoms with Crippen LogP contribution >= 0.6 is 23.4 Å². The van der Waals surface area contributed by atoms with E-state index in [0.29, 0.717) is 13.2 Å². The zero-order chi connectivity index (χ0) is 27.2. The number of halogens is 1. The molecule has 0 atom stereocenters. The number of nitrogens with zero attached hydrogens (tertiary/aromatic N) is 1. The molecule has 5 aromatic rings. The highest BCUT2D eigenvalue weighted by Gasteiger charge is 2.16. The second kappa shape index (κ2) is 12.9. The summed E-state index contributed by atoms with van der Waals surface area (Å²) in [6, 6.07) is 28.8. The Hall–Kier alpha value is -3.05. The monoisotopic (exact) mass is 555 g/mol. The number of hydrogen-bond acceptors (Lipinski definition) is 3. The molecule has 0 fully saturated rings. The number of thioether (sulfide) groups is 1. The molecule has 0 amide bonds. The molecule has 0 aliphatic heterocycles. The van der Waals surface area contributed by atoms with Crippen LogP contribution < -0.4 is 0 Å². The lowest BCUT2D eigenvalue weighted by Gasteiger charge is -2.09. The lowest BCUT2D eigenvalue weighted by Crippen LogP contribution is -2.06. The molecule has 0 N–H and O–H groups in total. The molecule has 0 aliphatic rings. The van der Waals surface area contributed by atoms with Crippen molar-refractivity contribution in [2.45, 2.75) is 44.6 Å². The number of hydrogen-bond donors (Lipinski definition) is 0. The van der Waals surface area contributed by atoms with Gasteiger partial charge in [-0.1, -0.05) is 41.9 Å². The van der Waals surface area contributed by atoms with E-state index in [1.807, 2.05) is 68.1 Å². The van der Waals surface area contributed by atoms with Gasteiger partial charge in [-0.15, -0.1) is 11.8 Å².